The van der Waals surface area contributed by atoms with E-state index in [4.69, 9.17) is 47.6 Å². The number of halogens is 2. The number of hydrogen-bond donors (Lipinski definition) is 3. The van der Waals surface area contributed by atoms with Crippen molar-refractivity contribution < 1.29 is 33.6 Å². The van der Waals surface area contributed by atoms with Crippen LogP contribution in [0.15, 0.2) is 42.5 Å². The van der Waals surface area contributed by atoms with Crippen LogP contribution in [0.25, 0.3) is 5.69 Å². The summed E-state index contributed by atoms with van der Waals surface area (Å²) in [4.78, 5) is 25.5. The third-order valence-corrected chi connectivity index (χ3v) is 6.25. The zero-order chi connectivity index (χ0) is 24.1. The number of aliphatic carboxylic acids is 1. The Hall–Kier alpha value is -2.06. The molecular weight excluding hydrogens is 512 g/mol. The van der Waals surface area contributed by atoms with Gasteiger partial charge in [-0.25, -0.2) is 0 Å². The first-order valence-corrected chi connectivity index (χ1v) is 11.5. The van der Waals surface area contributed by atoms with Gasteiger partial charge >= 0.3 is 18.9 Å². The van der Waals surface area contributed by atoms with E-state index >= 15 is 0 Å². The fourth-order valence-electron chi connectivity index (χ4n) is 3.21. The van der Waals surface area contributed by atoms with E-state index in [1.54, 1.807) is 51.9 Å². The third kappa shape index (κ3) is 6.98. The molecule has 1 heterocycles. The molecule has 1 amide bonds. The number of nitrogens with zero attached hydrogens (tertiary/aromatic N) is 2. The number of aromatic nitrogens is 3. The van der Waals surface area contributed by atoms with Crippen LogP contribution in [0, 0.1) is 9.54 Å². The van der Waals surface area contributed by atoms with Crippen molar-refractivity contribution in [2.45, 2.75) is 25.8 Å². The quantitative estimate of drug-likeness (QED) is 0.283. The molecule has 0 spiro atoms. The molecule has 13 heteroatoms. The minimum Gasteiger partial charge on any atom is -0.548 e. The van der Waals surface area contributed by atoms with Gasteiger partial charge < -0.3 is 20.1 Å². The van der Waals surface area contributed by atoms with Crippen molar-refractivity contribution in [3.05, 3.63) is 62.1 Å². The van der Waals surface area contributed by atoms with Crippen molar-refractivity contribution >= 4 is 70.9 Å². The maximum atomic E-state index is 12.4. The van der Waals surface area contributed by atoms with Crippen LogP contribution >= 0.6 is 47.6 Å². The molecule has 3 rings (SSSR count). The van der Waals surface area contributed by atoms with Crippen molar-refractivity contribution in [2.24, 2.45) is 0 Å². The van der Waals surface area contributed by atoms with Gasteiger partial charge in [0, 0.05) is 24.3 Å². The van der Waals surface area contributed by atoms with E-state index in [9.17, 15) is 14.7 Å². The maximum Gasteiger partial charge on any atom is 1.00 e. The second-order valence-electron chi connectivity index (χ2n) is 7.18. The minimum atomic E-state index is -1.23. The number of amides is 1. The van der Waals surface area contributed by atoms with Gasteiger partial charge in [0.2, 0.25) is 5.91 Å². The fourth-order valence-corrected chi connectivity index (χ4v) is 4.06. The monoisotopic (exact) mass is 531 g/mol. The zero-order valence-corrected chi connectivity index (χ0v) is 21.6. The second-order valence-corrected chi connectivity index (χ2v) is 8.77. The van der Waals surface area contributed by atoms with Gasteiger partial charge in [-0.3, -0.25) is 19.6 Å². The number of rotatable bonds is 9. The summed E-state index contributed by atoms with van der Waals surface area (Å²) in [5.74, 6) is -1.43. The van der Waals surface area contributed by atoms with Crippen LogP contribution in [0.1, 0.15) is 19.8 Å². The van der Waals surface area contributed by atoms with Crippen LogP contribution in [0.4, 0.5) is 11.4 Å². The Morgan fingerprint density at radius 3 is 2.26 bits per heavy atom. The molecular formula is C21H20Cl2LiN5O3S2. The van der Waals surface area contributed by atoms with Gasteiger partial charge in [-0.2, -0.15) is 0 Å². The molecule has 1 atom stereocenters. The van der Waals surface area contributed by atoms with Crippen molar-refractivity contribution in [1.29, 1.82) is 0 Å². The molecule has 1 aromatic heterocycles. The maximum absolute atomic E-state index is 12.4. The molecule has 0 saturated heterocycles. The first-order chi connectivity index (χ1) is 15.7. The molecule has 34 heavy (non-hydrogen) atoms. The van der Waals surface area contributed by atoms with Crippen LogP contribution in [-0.2, 0) is 9.59 Å². The van der Waals surface area contributed by atoms with Crippen molar-refractivity contribution in [3.63, 3.8) is 0 Å². The average molecular weight is 532 g/mol. The SMILES string of the molecule is CC(C(=O)[O-])N(CCCC(=O)Nc1ccc(-n2c(=S)[nH][nH]c2=S)cc1)c1ccc(Cl)c(Cl)c1.[Li+]. The zero-order valence-electron chi connectivity index (χ0n) is 18.4. The molecule has 0 aliphatic rings. The molecule has 3 aromatic rings. The van der Waals surface area contributed by atoms with E-state index in [0.717, 1.165) is 5.69 Å². The number of anilines is 2. The summed E-state index contributed by atoms with van der Waals surface area (Å²) >= 11 is 22.4. The topological polar surface area (TPSA) is 109 Å². The Kier molecular flexibility index (Phi) is 10.4. The number of hydrogen-bond acceptors (Lipinski definition) is 6. The van der Waals surface area contributed by atoms with Crippen molar-refractivity contribution in [2.75, 3.05) is 16.8 Å². The van der Waals surface area contributed by atoms with Crippen LogP contribution in [-0.4, -0.2) is 39.2 Å². The molecule has 0 aliphatic carbocycles. The van der Waals surface area contributed by atoms with Gasteiger partial charge in [-0.1, -0.05) is 23.2 Å². The predicted octanol–water partition coefficient (Wildman–Crippen LogP) is 1.27. The molecule has 0 aliphatic heterocycles. The molecule has 2 aromatic carbocycles. The number of aromatic amines is 2. The van der Waals surface area contributed by atoms with E-state index < -0.39 is 12.0 Å². The Morgan fingerprint density at radius 1 is 1.09 bits per heavy atom. The van der Waals surface area contributed by atoms with Gasteiger partial charge in [-0.05, 0) is 80.2 Å². The molecule has 174 valence electrons. The molecule has 0 radical (unpaired) electrons. The molecule has 0 bridgehead atoms. The third-order valence-electron chi connectivity index (χ3n) is 4.94. The van der Waals surface area contributed by atoms with Gasteiger partial charge in [0.05, 0.1) is 27.7 Å². The number of nitrogens with one attached hydrogen (secondary N) is 3. The summed E-state index contributed by atoms with van der Waals surface area (Å²) in [6.07, 6.45) is 0.600. The van der Waals surface area contributed by atoms with E-state index in [1.807, 2.05) is 0 Å². The number of carboxylic acid groups (broad SMARTS) is 1. The van der Waals surface area contributed by atoms with Crippen LogP contribution < -0.4 is 34.2 Å². The van der Waals surface area contributed by atoms with E-state index in [0.29, 0.717) is 43.9 Å². The molecule has 8 nitrogen and oxygen atoms in total. The summed E-state index contributed by atoms with van der Waals surface area (Å²) < 4.78 is 2.54. The molecule has 3 N–H and O–H groups in total. The number of carbonyl (C=O) groups is 2. The number of H-pyrrole nitrogens is 2. The van der Waals surface area contributed by atoms with Gasteiger partial charge in [0.15, 0.2) is 9.54 Å². The molecule has 1 unspecified atom stereocenters. The average Bonchev–Trinajstić information content (AvgIpc) is 3.11. The minimum absolute atomic E-state index is 0. The first kappa shape index (κ1) is 28.2. The van der Waals surface area contributed by atoms with Crippen molar-refractivity contribution in [3.8, 4) is 5.69 Å². The summed E-state index contributed by atoms with van der Waals surface area (Å²) in [6.45, 7) is 1.82. The largest absolute Gasteiger partial charge is 1.00 e. The second kappa shape index (κ2) is 12.6. The van der Waals surface area contributed by atoms with Gasteiger partial charge in [-0.15, -0.1) is 0 Å². The molecule has 0 saturated carbocycles. The summed E-state index contributed by atoms with van der Waals surface area (Å²) in [5.41, 5.74) is 1.96. The van der Waals surface area contributed by atoms with Crippen LogP contribution in [0.2, 0.25) is 10.0 Å². The summed E-state index contributed by atoms with van der Waals surface area (Å²) in [6, 6.07) is 11.0. The number of benzene rings is 2. The summed E-state index contributed by atoms with van der Waals surface area (Å²) in [7, 11) is 0. The first-order valence-electron chi connectivity index (χ1n) is 9.90. The predicted molar refractivity (Wildman–Crippen MR) is 132 cm³/mol. The van der Waals surface area contributed by atoms with Crippen LogP contribution in [0.3, 0.4) is 0 Å². The number of carbonyl (C=O) groups excluding carboxylic acids is 2. The Balaban J connectivity index is 0.00000408. The Bertz CT molecular complexity index is 1250. The van der Waals surface area contributed by atoms with E-state index in [2.05, 4.69) is 15.5 Å². The van der Waals surface area contributed by atoms with Crippen LogP contribution in [0.5, 0.6) is 0 Å². The van der Waals surface area contributed by atoms with Crippen molar-refractivity contribution in [1.82, 2.24) is 14.8 Å². The molecule has 0 fully saturated rings. The Morgan fingerprint density at radius 2 is 1.71 bits per heavy atom. The Labute approximate surface area is 228 Å². The number of carboxylic acids is 1. The normalized spacial score (nSPS) is 11.4. The van der Waals surface area contributed by atoms with E-state index in [1.165, 1.54) is 6.92 Å². The standard InChI is InChI=1S/C21H21Cl2N5O3S2.Li/c1-12(19(30)31)27(15-8-9-16(22)17(23)11-15)10-2-3-18(29)24-13-4-6-14(7-5-13)28-20(32)25-26-21(28)33;/h4-9,11-12H,2-3,10H2,1H3,(H,24,29)(H,25,32)(H,26,33)(H,30,31);/q;+1/p-1. The van der Waals surface area contributed by atoms with E-state index in [-0.39, 0.29) is 31.2 Å². The summed E-state index contributed by atoms with van der Waals surface area (Å²) in [5, 5.41) is 20.5. The van der Waals surface area contributed by atoms with Gasteiger partial charge in [0.25, 0.3) is 0 Å². The fraction of sp³-hybridized carbons (Fsp3) is 0.238. The smallest absolute Gasteiger partial charge is 0.548 e. The van der Waals surface area contributed by atoms with Gasteiger partial charge in [0.1, 0.15) is 0 Å².